The summed E-state index contributed by atoms with van der Waals surface area (Å²) in [6.45, 7) is -0.144. The van der Waals surface area contributed by atoms with E-state index in [0.717, 1.165) is 5.56 Å². The van der Waals surface area contributed by atoms with Crippen molar-refractivity contribution in [2.75, 3.05) is 11.9 Å². The van der Waals surface area contributed by atoms with Crippen LogP contribution in [0.3, 0.4) is 0 Å². The Hall–Kier alpha value is -1.29. The average Bonchev–Trinajstić information content (AvgIpc) is 2.39. The highest BCUT2D eigenvalue weighted by Crippen LogP contribution is 2.27. The van der Waals surface area contributed by atoms with E-state index < -0.39 is 0 Å². The van der Waals surface area contributed by atoms with Crippen molar-refractivity contribution in [3.05, 3.63) is 63.9 Å². The van der Waals surface area contributed by atoms with Gasteiger partial charge in [-0.05, 0) is 35.9 Å². The van der Waals surface area contributed by atoms with E-state index >= 15 is 0 Å². The van der Waals surface area contributed by atoms with Gasteiger partial charge in [-0.25, -0.2) is 4.39 Å². The number of aliphatic hydroxyl groups excluding tert-OH is 1. The Morgan fingerprint density at radius 3 is 2.53 bits per heavy atom. The van der Waals surface area contributed by atoms with Crippen molar-refractivity contribution >= 4 is 28.9 Å². The Balaban J connectivity index is 2.22. The van der Waals surface area contributed by atoms with Crippen LogP contribution in [-0.4, -0.2) is 11.7 Å². The van der Waals surface area contributed by atoms with Gasteiger partial charge in [0.25, 0.3) is 0 Å². The second-order valence-corrected chi connectivity index (χ2v) is 4.88. The largest absolute Gasteiger partial charge is 0.394 e. The standard InChI is InChI=1S/C14H12Cl2FNO/c15-12-5-4-9(6-13(12)16)14(8-19)18-11-3-1-2-10(17)7-11/h1-7,14,18-19H,8H2. The molecule has 1 atom stereocenters. The molecule has 2 nitrogen and oxygen atoms in total. The number of anilines is 1. The van der Waals surface area contributed by atoms with E-state index in [2.05, 4.69) is 5.32 Å². The monoisotopic (exact) mass is 299 g/mol. The van der Waals surface area contributed by atoms with Gasteiger partial charge >= 0.3 is 0 Å². The smallest absolute Gasteiger partial charge is 0.125 e. The van der Waals surface area contributed by atoms with Gasteiger partial charge in [0.1, 0.15) is 5.82 Å². The molecule has 2 rings (SSSR count). The molecule has 0 heterocycles. The molecule has 0 aliphatic carbocycles. The van der Waals surface area contributed by atoms with Crippen molar-refractivity contribution in [1.29, 1.82) is 0 Å². The summed E-state index contributed by atoms with van der Waals surface area (Å²) in [5.41, 5.74) is 1.37. The third-order valence-electron chi connectivity index (χ3n) is 2.69. The Morgan fingerprint density at radius 2 is 1.89 bits per heavy atom. The van der Waals surface area contributed by atoms with Gasteiger partial charge < -0.3 is 10.4 Å². The molecule has 0 saturated heterocycles. The van der Waals surface area contributed by atoms with Crippen LogP contribution in [0.1, 0.15) is 11.6 Å². The van der Waals surface area contributed by atoms with Crippen LogP contribution in [0.4, 0.5) is 10.1 Å². The highest BCUT2D eigenvalue weighted by molar-refractivity contribution is 6.42. The number of hydrogen-bond acceptors (Lipinski definition) is 2. The minimum absolute atomic E-state index is 0.144. The molecule has 0 fully saturated rings. The van der Waals surface area contributed by atoms with Crippen molar-refractivity contribution in [3.8, 4) is 0 Å². The first kappa shape index (κ1) is 14.1. The molecule has 0 bridgehead atoms. The number of rotatable bonds is 4. The molecular weight excluding hydrogens is 288 g/mol. The SMILES string of the molecule is OCC(Nc1cccc(F)c1)c1ccc(Cl)c(Cl)c1. The van der Waals surface area contributed by atoms with E-state index in [0.29, 0.717) is 15.7 Å². The highest BCUT2D eigenvalue weighted by Gasteiger charge is 2.12. The lowest BCUT2D eigenvalue weighted by atomic mass is 10.1. The minimum Gasteiger partial charge on any atom is -0.394 e. The highest BCUT2D eigenvalue weighted by atomic mass is 35.5. The van der Waals surface area contributed by atoms with Crippen LogP contribution >= 0.6 is 23.2 Å². The second kappa shape index (κ2) is 6.24. The maximum Gasteiger partial charge on any atom is 0.125 e. The first-order chi connectivity index (χ1) is 9.10. The molecule has 2 N–H and O–H groups in total. The zero-order chi connectivity index (χ0) is 13.8. The third-order valence-corrected chi connectivity index (χ3v) is 3.43. The summed E-state index contributed by atoms with van der Waals surface area (Å²) in [5.74, 6) is -0.337. The van der Waals surface area contributed by atoms with E-state index in [9.17, 15) is 9.50 Å². The lowest BCUT2D eigenvalue weighted by Gasteiger charge is -2.18. The van der Waals surface area contributed by atoms with Crippen molar-refractivity contribution in [2.24, 2.45) is 0 Å². The van der Waals surface area contributed by atoms with Crippen molar-refractivity contribution in [1.82, 2.24) is 0 Å². The maximum atomic E-state index is 13.1. The van der Waals surface area contributed by atoms with Gasteiger partial charge in [0, 0.05) is 5.69 Å². The van der Waals surface area contributed by atoms with Crippen molar-refractivity contribution in [3.63, 3.8) is 0 Å². The van der Waals surface area contributed by atoms with Gasteiger partial charge in [-0.1, -0.05) is 35.3 Å². The van der Waals surface area contributed by atoms with Gasteiger partial charge in [-0.15, -0.1) is 0 Å². The Morgan fingerprint density at radius 1 is 1.11 bits per heavy atom. The minimum atomic E-state index is -0.378. The first-order valence-corrected chi connectivity index (χ1v) is 6.43. The number of nitrogens with one attached hydrogen (secondary N) is 1. The Labute approximate surface area is 120 Å². The summed E-state index contributed by atoms with van der Waals surface area (Å²) in [5, 5.41) is 13.3. The number of aliphatic hydroxyl groups is 1. The summed E-state index contributed by atoms with van der Waals surface area (Å²) in [6, 6.07) is 10.8. The van der Waals surface area contributed by atoms with E-state index in [1.807, 2.05) is 0 Å². The third kappa shape index (κ3) is 3.60. The lowest BCUT2D eigenvalue weighted by molar-refractivity contribution is 0.276. The Bertz CT molecular complexity index is 577. The van der Waals surface area contributed by atoms with E-state index in [1.165, 1.54) is 12.1 Å². The molecule has 2 aromatic carbocycles. The van der Waals surface area contributed by atoms with Gasteiger partial charge in [0.05, 0.1) is 22.7 Å². The summed E-state index contributed by atoms with van der Waals surface area (Å²) in [4.78, 5) is 0. The molecule has 0 spiro atoms. The van der Waals surface area contributed by atoms with Crippen LogP contribution in [0.5, 0.6) is 0 Å². The summed E-state index contributed by atoms with van der Waals surface area (Å²) < 4.78 is 13.1. The molecule has 0 aliphatic rings. The zero-order valence-corrected chi connectivity index (χ0v) is 11.4. The molecule has 0 amide bonds. The van der Waals surface area contributed by atoms with Crippen molar-refractivity contribution < 1.29 is 9.50 Å². The zero-order valence-electron chi connectivity index (χ0n) is 9.91. The topological polar surface area (TPSA) is 32.3 Å². The van der Waals surface area contributed by atoms with E-state index in [-0.39, 0.29) is 18.5 Å². The van der Waals surface area contributed by atoms with E-state index in [1.54, 1.807) is 30.3 Å². The summed E-state index contributed by atoms with van der Waals surface area (Å²) >= 11 is 11.8. The molecule has 0 aromatic heterocycles. The predicted molar refractivity (Wildman–Crippen MR) is 76.3 cm³/mol. The van der Waals surface area contributed by atoms with Crippen LogP contribution in [-0.2, 0) is 0 Å². The number of hydrogen-bond donors (Lipinski definition) is 2. The predicted octanol–water partition coefficient (Wildman–Crippen LogP) is 4.28. The van der Waals surface area contributed by atoms with Gasteiger partial charge in [-0.2, -0.15) is 0 Å². The molecule has 0 saturated carbocycles. The van der Waals surface area contributed by atoms with Gasteiger partial charge in [0.2, 0.25) is 0 Å². The summed E-state index contributed by atoms with van der Waals surface area (Å²) in [7, 11) is 0. The van der Waals surface area contributed by atoms with Gasteiger partial charge in [-0.3, -0.25) is 0 Å². The molecule has 19 heavy (non-hydrogen) atoms. The number of benzene rings is 2. The molecule has 1 unspecified atom stereocenters. The maximum absolute atomic E-state index is 13.1. The molecule has 0 radical (unpaired) electrons. The van der Waals surface area contributed by atoms with Crippen LogP contribution in [0, 0.1) is 5.82 Å². The molecule has 100 valence electrons. The fourth-order valence-corrected chi connectivity index (χ4v) is 2.05. The average molecular weight is 300 g/mol. The summed E-state index contributed by atoms with van der Waals surface area (Å²) in [6.07, 6.45) is 0. The van der Waals surface area contributed by atoms with Crippen molar-refractivity contribution in [2.45, 2.75) is 6.04 Å². The second-order valence-electron chi connectivity index (χ2n) is 4.06. The lowest BCUT2D eigenvalue weighted by Crippen LogP contribution is -2.14. The molecular formula is C14H12Cl2FNO. The molecule has 2 aromatic rings. The normalized spacial score (nSPS) is 12.2. The quantitative estimate of drug-likeness (QED) is 0.883. The van der Waals surface area contributed by atoms with E-state index in [4.69, 9.17) is 23.2 Å². The molecule has 0 aliphatic heterocycles. The first-order valence-electron chi connectivity index (χ1n) is 5.68. The van der Waals surface area contributed by atoms with Crippen LogP contribution < -0.4 is 5.32 Å². The van der Waals surface area contributed by atoms with Crippen LogP contribution in [0.25, 0.3) is 0 Å². The Kier molecular flexibility index (Phi) is 4.64. The fraction of sp³-hybridized carbons (Fsp3) is 0.143. The van der Waals surface area contributed by atoms with Crippen LogP contribution in [0.2, 0.25) is 10.0 Å². The fourth-order valence-electron chi connectivity index (χ4n) is 1.74. The van der Waals surface area contributed by atoms with Gasteiger partial charge in [0.15, 0.2) is 0 Å². The van der Waals surface area contributed by atoms with Crippen LogP contribution in [0.15, 0.2) is 42.5 Å². The number of halogens is 3. The molecule has 5 heteroatoms.